The summed E-state index contributed by atoms with van der Waals surface area (Å²) in [5.74, 6) is -2.87. The molecule has 0 aliphatic rings. The van der Waals surface area contributed by atoms with Crippen molar-refractivity contribution in [2.24, 2.45) is 0 Å². The molecule has 6 nitrogen and oxygen atoms in total. The predicted molar refractivity (Wildman–Crippen MR) is 128 cm³/mol. The molecule has 0 radical (unpaired) electrons. The van der Waals surface area contributed by atoms with Crippen molar-refractivity contribution in [3.8, 4) is 11.8 Å². The summed E-state index contributed by atoms with van der Waals surface area (Å²) in [5.41, 5.74) is 0.886. The van der Waals surface area contributed by atoms with Gasteiger partial charge in [0.1, 0.15) is 11.6 Å². The first-order chi connectivity index (χ1) is 17.9. The molecule has 1 unspecified atom stereocenters. The number of carboxylic acid groups (broad SMARTS) is 1. The SMILES string of the molecule is N#Cc1c(OC(F)F)c(Cl)cc2cc(C(CCC(F)(F)F)c3ccc(C(=O)NCCC(=O)O)cc3)ccc12. The summed E-state index contributed by atoms with van der Waals surface area (Å²) in [7, 11) is 0. The molecule has 0 saturated heterocycles. The number of fused-ring (bicyclic) bond motifs is 1. The van der Waals surface area contributed by atoms with E-state index in [1.54, 1.807) is 6.07 Å². The molecular formula is C26H20ClF5N2O4. The van der Waals surface area contributed by atoms with Crippen LogP contribution >= 0.6 is 11.6 Å². The van der Waals surface area contributed by atoms with Gasteiger partial charge in [0.05, 0.1) is 11.4 Å². The highest BCUT2D eigenvalue weighted by atomic mass is 35.5. The van der Waals surface area contributed by atoms with Crippen molar-refractivity contribution < 1.29 is 41.4 Å². The maximum Gasteiger partial charge on any atom is 0.389 e. The molecule has 0 bridgehead atoms. The van der Waals surface area contributed by atoms with Crippen LogP contribution in [0.15, 0.2) is 48.5 Å². The van der Waals surface area contributed by atoms with Gasteiger partial charge in [-0.25, -0.2) is 0 Å². The molecule has 2 N–H and O–H groups in total. The van der Waals surface area contributed by atoms with E-state index in [0.29, 0.717) is 16.5 Å². The first-order valence-electron chi connectivity index (χ1n) is 11.2. The van der Waals surface area contributed by atoms with Crippen LogP contribution in [0.3, 0.4) is 0 Å². The number of halogens is 6. The van der Waals surface area contributed by atoms with Gasteiger partial charge in [0.2, 0.25) is 0 Å². The lowest BCUT2D eigenvalue weighted by Crippen LogP contribution is -2.25. The average Bonchev–Trinajstić information content (AvgIpc) is 2.83. The molecule has 0 aliphatic carbocycles. The third-order valence-corrected chi connectivity index (χ3v) is 5.99. The Balaban J connectivity index is 1.99. The summed E-state index contributed by atoms with van der Waals surface area (Å²) in [6, 6.07) is 13.4. The minimum absolute atomic E-state index is 0.0848. The predicted octanol–water partition coefficient (Wildman–Crippen LogP) is 6.65. The zero-order chi connectivity index (χ0) is 28.0. The molecule has 1 atom stereocenters. The van der Waals surface area contributed by atoms with E-state index >= 15 is 0 Å². The summed E-state index contributed by atoms with van der Waals surface area (Å²) in [5, 5.41) is 21.0. The standard InChI is InChI=1S/C26H20ClF5N2O4/c27-21-12-17-11-16(5-6-19(17)20(13-33)23(21)38-25(28)29)18(7-9-26(30,31)32)14-1-3-15(4-2-14)24(37)34-10-8-22(35)36/h1-6,11-12,18,25H,7-10H2,(H,34,37)(H,35,36). The Labute approximate surface area is 218 Å². The van der Waals surface area contributed by atoms with Gasteiger partial charge in [-0.05, 0) is 41.1 Å². The topological polar surface area (TPSA) is 99.4 Å². The van der Waals surface area contributed by atoms with E-state index in [0.717, 1.165) is 0 Å². The average molecular weight is 555 g/mol. The number of nitrogens with zero attached hydrogens (tertiary/aromatic N) is 1. The van der Waals surface area contributed by atoms with Crippen LogP contribution in [0.4, 0.5) is 22.0 Å². The minimum atomic E-state index is -4.43. The van der Waals surface area contributed by atoms with Crippen LogP contribution in [-0.4, -0.2) is 36.3 Å². The minimum Gasteiger partial charge on any atom is -0.481 e. The third-order valence-electron chi connectivity index (χ3n) is 5.71. The maximum absolute atomic E-state index is 13.1. The molecule has 38 heavy (non-hydrogen) atoms. The fourth-order valence-electron chi connectivity index (χ4n) is 3.99. The summed E-state index contributed by atoms with van der Waals surface area (Å²) in [6.45, 7) is -3.30. The van der Waals surface area contributed by atoms with Crippen LogP contribution in [0, 0.1) is 11.3 Å². The normalized spacial score (nSPS) is 12.3. The third kappa shape index (κ3) is 7.32. The number of nitriles is 1. The smallest absolute Gasteiger partial charge is 0.389 e. The van der Waals surface area contributed by atoms with Crippen LogP contribution < -0.4 is 10.1 Å². The first kappa shape index (κ1) is 28.7. The number of carboxylic acids is 1. The zero-order valence-corrected chi connectivity index (χ0v) is 20.2. The number of carbonyl (C=O) groups excluding carboxylic acids is 1. The lowest BCUT2D eigenvalue weighted by atomic mass is 9.85. The lowest BCUT2D eigenvalue weighted by molar-refractivity contribution is -0.137. The molecule has 3 aromatic rings. The van der Waals surface area contributed by atoms with Crippen molar-refractivity contribution in [3.63, 3.8) is 0 Å². The van der Waals surface area contributed by atoms with E-state index in [9.17, 15) is 36.8 Å². The Hall–Kier alpha value is -3.91. The Morgan fingerprint density at radius 3 is 2.32 bits per heavy atom. The number of aliphatic carboxylic acids is 1. The Bertz CT molecular complexity index is 1370. The molecule has 0 spiro atoms. The number of alkyl halides is 5. The maximum atomic E-state index is 13.1. The summed E-state index contributed by atoms with van der Waals surface area (Å²) in [4.78, 5) is 22.8. The van der Waals surface area contributed by atoms with Gasteiger partial charge in [-0.3, -0.25) is 9.59 Å². The van der Waals surface area contributed by atoms with Crippen molar-refractivity contribution >= 4 is 34.2 Å². The van der Waals surface area contributed by atoms with Gasteiger partial charge in [0, 0.05) is 29.8 Å². The molecule has 0 fully saturated rings. The van der Waals surface area contributed by atoms with Crippen molar-refractivity contribution in [2.75, 3.05) is 6.54 Å². The van der Waals surface area contributed by atoms with Gasteiger partial charge >= 0.3 is 18.8 Å². The van der Waals surface area contributed by atoms with Gasteiger partial charge < -0.3 is 15.2 Å². The van der Waals surface area contributed by atoms with Gasteiger partial charge in [0.25, 0.3) is 5.91 Å². The van der Waals surface area contributed by atoms with Crippen molar-refractivity contribution in [1.29, 1.82) is 5.26 Å². The number of hydrogen-bond acceptors (Lipinski definition) is 4. The number of nitrogens with one attached hydrogen (secondary N) is 1. The molecule has 3 aromatic carbocycles. The highest BCUT2D eigenvalue weighted by molar-refractivity contribution is 6.33. The lowest BCUT2D eigenvalue weighted by Gasteiger charge is -2.20. The molecule has 12 heteroatoms. The van der Waals surface area contributed by atoms with Crippen molar-refractivity contribution in [3.05, 3.63) is 75.8 Å². The fraction of sp³-hybridized carbons (Fsp3) is 0.269. The highest BCUT2D eigenvalue weighted by Crippen LogP contribution is 2.39. The van der Waals surface area contributed by atoms with Gasteiger partial charge in [-0.1, -0.05) is 41.9 Å². The van der Waals surface area contributed by atoms with E-state index in [1.165, 1.54) is 48.5 Å². The molecule has 0 aromatic heterocycles. The van der Waals surface area contributed by atoms with Gasteiger partial charge in [0.15, 0.2) is 5.75 Å². The Kier molecular flexibility index (Phi) is 9.12. The van der Waals surface area contributed by atoms with Crippen molar-refractivity contribution in [1.82, 2.24) is 5.32 Å². The van der Waals surface area contributed by atoms with E-state index in [2.05, 4.69) is 10.1 Å². The molecule has 200 valence electrons. The number of carbonyl (C=O) groups is 2. The summed E-state index contributed by atoms with van der Waals surface area (Å²) in [6.07, 6.45) is -6.13. The molecule has 3 rings (SSSR count). The van der Waals surface area contributed by atoms with Gasteiger partial charge in [-0.15, -0.1) is 0 Å². The quantitative estimate of drug-likeness (QED) is 0.274. The fourth-order valence-corrected chi connectivity index (χ4v) is 4.25. The summed E-state index contributed by atoms with van der Waals surface area (Å²) < 4.78 is 69.4. The van der Waals surface area contributed by atoms with E-state index < -0.39 is 42.8 Å². The second-order valence-electron chi connectivity index (χ2n) is 8.26. The number of hydrogen-bond donors (Lipinski definition) is 2. The van der Waals surface area contributed by atoms with E-state index in [4.69, 9.17) is 16.7 Å². The molecule has 0 heterocycles. The van der Waals surface area contributed by atoms with E-state index in [-0.39, 0.29) is 40.9 Å². The zero-order valence-electron chi connectivity index (χ0n) is 19.5. The molecule has 0 aliphatic heterocycles. The molecular weight excluding hydrogens is 535 g/mol. The number of rotatable bonds is 10. The molecule has 1 amide bonds. The Morgan fingerprint density at radius 2 is 1.74 bits per heavy atom. The van der Waals surface area contributed by atoms with Crippen LogP contribution in [0.5, 0.6) is 5.75 Å². The van der Waals surface area contributed by atoms with Crippen molar-refractivity contribution in [2.45, 2.75) is 38.0 Å². The largest absolute Gasteiger partial charge is 0.481 e. The Morgan fingerprint density at radius 1 is 1.08 bits per heavy atom. The monoisotopic (exact) mass is 554 g/mol. The van der Waals surface area contributed by atoms with E-state index in [1.807, 2.05) is 0 Å². The van der Waals surface area contributed by atoms with Crippen LogP contribution in [0.1, 0.15) is 52.2 Å². The van der Waals surface area contributed by atoms with Crippen LogP contribution in [0.2, 0.25) is 5.02 Å². The first-order valence-corrected chi connectivity index (χ1v) is 11.5. The number of amides is 1. The highest BCUT2D eigenvalue weighted by Gasteiger charge is 2.30. The second-order valence-corrected chi connectivity index (χ2v) is 8.67. The second kappa shape index (κ2) is 12.1. The number of benzene rings is 3. The molecule has 0 saturated carbocycles. The van der Waals surface area contributed by atoms with Crippen LogP contribution in [0.25, 0.3) is 10.8 Å². The van der Waals surface area contributed by atoms with Crippen LogP contribution in [-0.2, 0) is 4.79 Å². The number of ether oxygens (including phenoxy) is 1. The summed E-state index contributed by atoms with van der Waals surface area (Å²) >= 11 is 6.07. The van der Waals surface area contributed by atoms with Gasteiger partial charge in [-0.2, -0.15) is 27.2 Å².